The predicted octanol–water partition coefficient (Wildman–Crippen LogP) is 2.96. The van der Waals surface area contributed by atoms with Gasteiger partial charge in [0.1, 0.15) is 0 Å². The molecule has 2 aromatic rings. The van der Waals surface area contributed by atoms with Crippen LogP contribution in [0.2, 0.25) is 0 Å². The van der Waals surface area contributed by atoms with E-state index in [1.54, 1.807) is 30.3 Å². The van der Waals surface area contributed by atoms with Crippen LogP contribution in [0.15, 0.2) is 54.6 Å². The van der Waals surface area contributed by atoms with E-state index in [0.29, 0.717) is 11.3 Å². The van der Waals surface area contributed by atoms with E-state index >= 15 is 0 Å². The number of hydrogen-bond acceptors (Lipinski definition) is 3. The van der Waals surface area contributed by atoms with Crippen molar-refractivity contribution in [1.82, 2.24) is 0 Å². The Morgan fingerprint density at radius 1 is 1.15 bits per heavy atom. The fourth-order valence-corrected chi connectivity index (χ4v) is 2.04. The van der Waals surface area contributed by atoms with E-state index in [0.717, 1.165) is 11.1 Å². The van der Waals surface area contributed by atoms with Gasteiger partial charge < -0.3 is 9.27 Å². The van der Waals surface area contributed by atoms with Crippen molar-refractivity contribution in [3.05, 3.63) is 65.7 Å². The van der Waals surface area contributed by atoms with E-state index in [2.05, 4.69) is 10.8 Å². The molecule has 0 saturated carbocycles. The zero-order valence-corrected chi connectivity index (χ0v) is 11.3. The molecule has 2 aromatic carbocycles. The lowest BCUT2D eigenvalue weighted by molar-refractivity contribution is 0.542. The Bertz CT molecular complexity index is 673. The Kier molecular flexibility index (Phi) is 4.66. The Hall–Kier alpha value is -2.42. The summed E-state index contributed by atoms with van der Waals surface area (Å²) in [6.07, 6.45) is 1.79. The van der Waals surface area contributed by atoms with Crippen LogP contribution >= 0.6 is 0 Å². The van der Waals surface area contributed by atoms with E-state index in [-0.39, 0.29) is 0 Å². The first kappa shape index (κ1) is 14.0. The number of nitriles is 1. The van der Waals surface area contributed by atoms with Crippen LogP contribution in [-0.2, 0) is 11.3 Å². The van der Waals surface area contributed by atoms with Crippen molar-refractivity contribution >= 4 is 28.6 Å². The predicted molar refractivity (Wildman–Crippen MR) is 78.9 cm³/mol. The van der Waals surface area contributed by atoms with Gasteiger partial charge in [-0.2, -0.15) is 5.26 Å². The highest BCUT2D eigenvalue weighted by Gasteiger charge is 2.01. The Morgan fingerprint density at radius 2 is 1.80 bits per heavy atom. The van der Waals surface area contributed by atoms with Gasteiger partial charge in [-0.05, 0) is 29.3 Å². The number of nitrogens with one attached hydrogen (secondary N) is 1. The summed E-state index contributed by atoms with van der Waals surface area (Å²) in [5, 5.41) is 9.22. The molecule has 0 aliphatic heterocycles. The van der Waals surface area contributed by atoms with E-state index in [9.17, 15) is 14.0 Å². The second-order valence-corrected chi connectivity index (χ2v) is 4.67. The van der Waals surface area contributed by atoms with E-state index < -0.39 is 11.3 Å². The van der Waals surface area contributed by atoms with Crippen molar-refractivity contribution in [3.63, 3.8) is 0 Å². The summed E-state index contributed by atoms with van der Waals surface area (Å²) >= 11 is -2.35. The molecule has 2 rings (SSSR count). The topological polar surface area (TPSA) is 76.0 Å². The summed E-state index contributed by atoms with van der Waals surface area (Å²) in [6, 6.07) is 18.3. The molecular formula is C15H11N2O2S-. The minimum absolute atomic E-state index is 0.457. The molecule has 1 N–H and O–H groups in total. The maximum absolute atomic E-state index is 10.5. The van der Waals surface area contributed by atoms with Crippen molar-refractivity contribution in [1.29, 1.82) is 5.26 Å². The summed E-state index contributed by atoms with van der Waals surface area (Å²) in [6.45, 7) is 0. The molecule has 0 amide bonds. The van der Waals surface area contributed by atoms with Crippen molar-refractivity contribution < 1.29 is 8.76 Å². The van der Waals surface area contributed by atoms with Crippen molar-refractivity contribution in [2.75, 3.05) is 4.72 Å². The lowest BCUT2D eigenvalue weighted by atomic mass is 10.0. The number of hydrogen-bond donors (Lipinski definition) is 1. The maximum atomic E-state index is 10.5. The Labute approximate surface area is 119 Å². The first-order valence-corrected chi connectivity index (χ1v) is 6.90. The minimum atomic E-state index is -2.35. The zero-order valence-electron chi connectivity index (χ0n) is 10.4. The molecule has 20 heavy (non-hydrogen) atoms. The number of benzene rings is 2. The lowest BCUT2D eigenvalue weighted by Crippen LogP contribution is -2.01. The number of anilines is 1. The third-order valence-corrected chi connectivity index (χ3v) is 3.03. The summed E-state index contributed by atoms with van der Waals surface area (Å²) in [7, 11) is 0. The number of allylic oxidation sites excluding steroid dienone is 1. The van der Waals surface area contributed by atoms with E-state index in [4.69, 9.17) is 0 Å². The number of nitrogens with zero attached hydrogens (tertiary/aromatic N) is 1. The van der Waals surface area contributed by atoms with Crippen LogP contribution in [0, 0.1) is 11.3 Å². The third kappa shape index (κ3) is 3.79. The highest BCUT2D eigenvalue weighted by Crippen LogP contribution is 2.19. The van der Waals surface area contributed by atoms with Gasteiger partial charge in [-0.1, -0.05) is 42.5 Å². The molecule has 0 radical (unpaired) electrons. The molecule has 0 bridgehead atoms. The fourth-order valence-electron chi connectivity index (χ4n) is 1.71. The quantitative estimate of drug-likeness (QED) is 0.532. The molecule has 0 aliphatic carbocycles. The van der Waals surface area contributed by atoms with Crippen LogP contribution in [0.1, 0.15) is 11.1 Å². The van der Waals surface area contributed by atoms with Gasteiger partial charge in [0.05, 0.1) is 11.6 Å². The molecule has 100 valence electrons. The van der Waals surface area contributed by atoms with Crippen molar-refractivity contribution in [3.8, 4) is 6.07 Å². The second-order valence-electron chi connectivity index (χ2n) is 3.99. The highest BCUT2D eigenvalue weighted by atomic mass is 32.2. The summed E-state index contributed by atoms with van der Waals surface area (Å²) in [5.41, 5.74) is 2.65. The van der Waals surface area contributed by atoms with Crippen LogP contribution in [0.5, 0.6) is 0 Å². The van der Waals surface area contributed by atoms with Gasteiger partial charge in [-0.3, -0.25) is 4.21 Å². The van der Waals surface area contributed by atoms with E-state index in [1.165, 1.54) is 0 Å². The first-order valence-electron chi connectivity index (χ1n) is 5.82. The van der Waals surface area contributed by atoms with Crippen LogP contribution in [0.25, 0.3) is 11.6 Å². The monoisotopic (exact) mass is 283 g/mol. The van der Waals surface area contributed by atoms with E-state index in [1.807, 2.05) is 30.3 Å². The highest BCUT2D eigenvalue weighted by molar-refractivity contribution is 7.80. The Morgan fingerprint density at radius 3 is 2.35 bits per heavy atom. The zero-order chi connectivity index (χ0) is 14.4. The average molecular weight is 283 g/mol. The van der Waals surface area contributed by atoms with Crippen LogP contribution < -0.4 is 4.72 Å². The van der Waals surface area contributed by atoms with Gasteiger partial charge in [0, 0.05) is 17.0 Å². The smallest absolute Gasteiger partial charge is 0.0998 e. The molecule has 0 spiro atoms. The lowest BCUT2D eigenvalue weighted by Gasteiger charge is -2.08. The molecule has 1 atom stereocenters. The summed E-state index contributed by atoms with van der Waals surface area (Å²) in [5.74, 6) is 0. The molecule has 5 heteroatoms. The van der Waals surface area contributed by atoms with Crippen LogP contribution in [0.3, 0.4) is 0 Å². The molecule has 0 aliphatic rings. The van der Waals surface area contributed by atoms with Gasteiger partial charge >= 0.3 is 0 Å². The second kappa shape index (κ2) is 6.66. The van der Waals surface area contributed by atoms with Gasteiger partial charge in [0.15, 0.2) is 0 Å². The van der Waals surface area contributed by atoms with Crippen molar-refractivity contribution in [2.24, 2.45) is 0 Å². The maximum Gasteiger partial charge on any atom is 0.0998 e. The average Bonchev–Trinajstić information content (AvgIpc) is 2.46. The molecular weight excluding hydrogens is 272 g/mol. The Balaban J connectivity index is 2.27. The standard InChI is InChI=1S/C15H12N2O2S/c16-11-14(10-12-4-2-1-3-5-12)13-6-8-15(9-7-13)17-20(18)19/h1-10,17H,(H,18,19)/p-1. The van der Waals surface area contributed by atoms with Gasteiger partial charge in [-0.15, -0.1) is 0 Å². The molecule has 0 aromatic heterocycles. The molecule has 0 saturated heterocycles. The normalized spacial score (nSPS) is 12.5. The van der Waals surface area contributed by atoms with Crippen molar-refractivity contribution in [2.45, 2.75) is 0 Å². The van der Waals surface area contributed by atoms with Gasteiger partial charge in [-0.25, -0.2) is 0 Å². The summed E-state index contributed by atoms with van der Waals surface area (Å²) in [4.78, 5) is 0. The largest absolute Gasteiger partial charge is 0.755 e. The molecule has 0 heterocycles. The van der Waals surface area contributed by atoms with Crippen LogP contribution in [-0.4, -0.2) is 8.76 Å². The molecule has 1 unspecified atom stereocenters. The summed E-state index contributed by atoms with van der Waals surface area (Å²) < 4.78 is 23.3. The minimum Gasteiger partial charge on any atom is -0.755 e. The number of rotatable bonds is 4. The van der Waals surface area contributed by atoms with Gasteiger partial charge in [0.25, 0.3) is 0 Å². The SMILES string of the molecule is N#CC(=Cc1ccccc1)c1ccc(NS(=O)[O-])cc1. The fraction of sp³-hybridized carbons (Fsp3) is 0. The molecule has 4 nitrogen and oxygen atoms in total. The van der Waals surface area contributed by atoms with Gasteiger partial charge in [0.2, 0.25) is 0 Å². The molecule has 0 fully saturated rings. The van der Waals surface area contributed by atoms with Crippen LogP contribution in [0.4, 0.5) is 5.69 Å². The third-order valence-electron chi connectivity index (χ3n) is 2.63. The first-order chi connectivity index (χ1) is 9.69.